The number of hydrogen-bond acceptors (Lipinski definition) is 12. The molecule has 0 aliphatic rings. The molecule has 0 atom stereocenters. The van der Waals surface area contributed by atoms with Crippen molar-refractivity contribution in [3.05, 3.63) is 119 Å². The first-order valence-corrected chi connectivity index (χ1v) is 11.1. The van der Waals surface area contributed by atoms with E-state index in [9.17, 15) is 39.6 Å². The van der Waals surface area contributed by atoms with Crippen LogP contribution in [0.5, 0.6) is 0 Å². The van der Waals surface area contributed by atoms with E-state index < -0.39 is 23.9 Å². The summed E-state index contributed by atoms with van der Waals surface area (Å²) in [7, 11) is 0. The topological polar surface area (TPSA) is 265 Å². The summed E-state index contributed by atoms with van der Waals surface area (Å²) in [4.78, 5) is 40.9. The van der Waals surface area contributed by atoms with Gasteiger partial charge in [0.05, 0.1) is 23.9 Å². The summed E-state index contributed by atoms with van der Waals surface area (Å²) in [5.41, 5.74) is 22.3. The minimum absolute atomic E-state index is 0. The van der Waals surface area contributed by atoms with Gasteiger partial charge in [-0.3, -0.25) is 0 Å². The third kappa shape index (κ3) is 12.4. The van der Waals surface area contributed by atoms with Gasteiger partial charge in [-0.25, -0.2) is 0 Å². The maximum Gasteiger partial charge on any atom is 4.00 e. The van der Waals surface area contributed by atoms with Crippen molar-refractivity contribution in [3.8, 4) is 0 Å². The molecule has 13 heteroatoms. The summed E-state index contributed by atoms with van der Waals surface area (Å²) < 4.78 is 0. The molecule has 41 heavy (non-hydrogen) atoms. The van der Waals surface area contributed by atoms with Crippen LogP contribution in [-0.2, 0) is 21.7 Å². The maximum atomic E-state index is 10.2. The van der Waals surface area contributed by atoms with Crippen LogP contribution in [0.25, 0.3) is 0 Å². The number of carbonyl (C=O) groups is 4. The number of carboxylic acid groups (broad SMARTS) is 4. The Morgan fingerprint density at radius 2 is 0.512 bits per heavy atom. The van der Waals surface area contributed by atoms with Crippen molar-refractivity contribution in [2.75, 3.05) is 22.9 Å². The van der Waals surface area contributed by atoms with Crippen LogP contribution in [0.4, 0.5) is 22.7 Å². The Morgan fingerprint density at radius 1 is 0.366 bits per heavy atom. The number of nitrogen functional groups attached to an aromatic ring is 4. The molecule has 4 rings (SSSR count). The van der Waals surface area contributed by atoms with Gasteiger partial charge < -0.3 is 62.5 Å². The van der Waals surface area contributed by atoms with Crippen LogP contribution < -0.4 is 43.4 Å². The average Bonchev–Trinajstić information content (AvgIpc) is 2.90. The number of carboxylic acids is 4. The molecule has 208 valence electrons. The molecule has 0 radical (unpaired) electrons. The summed E-state index contributed by atoms with van der Waals surface area (Å²) in [5.74, 6) is -4.95. The number of hydrogen-bond donors (Lipinski definition) is 4. The molecular formula is C28H24N4O8Ti. The van der Waals surface area contributed by atoms with Crippen LogP contribution in [0.1, 0.15) is 41.4 Å². The zero-order valence-electron chi connectivity index (χ0n) is 21.3. The SMILES string of the molecule is Nc1ccccc1C(=O)[O-].Nc1ccccc1C(=O)[O-].Nc1ccccc1C(=O)[O-].Nc1ccccc1C(=O)[O-].[Ti+4]. The molecule has 0 fully saturated rings. The van der Waals surface area contributed by atoms with Crippen LogP contribution in [0, 0.1) is 0 Å². The molecule has 4 aromatic carbocycles. The third-order valence-corrected chi connectivity index (χ3v) is 4.72. The van der Waals surface area contributed by atoms with Gasteiger partial charge in [0, 0.05) is 45.0 Å². The molecule has 12 nitrogen and oxygen atoms in total. The van der Waals surface area contributed by atoms with E-state index in [2.05, 4.69) is 0 Å². The fraction of sp³-hybridized carbons (Fsp3) is 0. The molecular weight excluding hydrogens is 568 g/mol. The monoisotopic (exact) mass is 592 g/mol. The summed E-state index contributed by atoms with van der Waals surface area (Å²) >= 11 is 0. The smallest absolute Gasteiger partial charge is 0.545 e. The largest absolute Gasteiger partial charge is 4.00 e. The van der Waals surface area contributed by atoms with Crippen LogP contribution in [0.3, 0.4) is 0 Å². The van der Waals surface area contributed by atoms with Crippen LogP contribution in [0.2, 0.25) is 0 Å². The summed E-state index contributed by atoms with van der Waals surface area (Å²) in [6.45, 7) is 0. The second-order valence-corrected chi connectivity index (χ2v) is 7.50. The third-order valence-electron chi connectivity index (χ3n) is 4.72. The Hall–Kier alpha value is -5.33. The Balaban J connectivity index is 0.000000516. The average molecular weight is 592 g/mol. The molecule has 0 unspecified atom stereocenters. The predicted octanol–water partition coefficient (Wildman–Crippen LogP) is -1.47. The fourth-order valence-corrected chi connectivity index (χ4v) is 2.73. The number of aromatic carboxylic acids is 4. The number of carbonyl (C=O) groups excluding carboxylic acids is 4. The van der Waals surface area contributed by atoms with Crippen molar-refractivity contribution < 1.29 is 61.3 Å². The van der Waals surface area contributed by atoms with Crippen LogP contribution >= 0.6 is 0 Å². The van der Waals surface area contributed by atoms with E-state index in [0.717, 1.165) is 0 Å². The van der Waals surface area contributed by atoms with Crippen molar-refractivity contribution in [1.29, 1.82) is 0 Å². The molecule has 8 N–H and O–H groups in total. The fourth-order valence-electron chi connectivity index (χ4n) is 2.73. The summed E-state index contributed by atoms with van der Waals surface area (Å²) in [6, 6.07) is 24.8. The second-order valence-electron chi connectivity index (χ2n) is 7.50. The van der Waals surface area contributed by atoms with E-state index in [1.807, 2.05) is 0 Å². The van der Waals surface area contributed by atoms with Gasteiger partial charge in [0.25, 0.3) is 0 Å². The van der Waals surface area contributed by atoms with Gasteiger partial charge >= 0.3 is 21.7 Å². The van der Waals surface area contributed by atoms with E-state index in [1.165, 1.54) is 48.5 Å². The molecule has 0 saturated carbocycles. The number of anilines is 4. The first kappa shape index (κ1) is 35.7. The Labute approximate surface area is 249 Å². The van der Waals surface area contributed by atoms with Gasteiger partial charge in [0.15, 0.2) is 0 Å². The molecule has 0 aromatic heterocycles. The first-order chi connectivity index (χ1) is 18.9. The maximum absolute atomic E-state index is 10.2. The Kier molecular flexibility index (Phi) is 15.7. The van der Waals surface area contributed by atoms with Crippen LogP contribution in [-0.4, -0.2) is 23.9 Å². The minimum atomic E-state index is -1.24. The van der Waals surface area contributed by atoms with E-state index in [0.29, 0.717) is 0 Å². The zero-order valence-corrected chi connectivity index (χ0v) is 22.9. The molecule has 0 saturated heterocycles. The molecule has 4 aromatic rings. The molecule has 0 aliphatic carbocycles. The number of rotatable bonds is 4. The van der Waals surface area contributed by atoms with Crippen LogP contribution in [0.15, 0.2) is 97.1 Å². The van der Waals surface area contributed by atoms with Crippen molar-refractivity contribution in [1.82, 2.24) is 0 Å². The summed E-state index contributed by atoms with van der Waals surface area (Å²) in [5, 5.41) is 40.9. The van der Waals surface area contributed by atoms with E-state index in [-0.39, 0.29) is 66.7 Å². The normalized spacial score (nSPS) is 8.98. The minimum Gasteiger partial charge on any atom is -0.545 e. The molecule has 0 amide bonds. The molecule has 0 aliphatic heterocycles. The van der Waals surface area contributed by atoms with Gasteiger partial charge in [-0.1, -0.05) is 72.8 Å². The molecule has 0 bridgehead atoms. The summed E-state index contributed by atoms with van der Waals surface area (Å²) in [6.07, 6.45) is 0. The predicted molar refractivity (Wildman–Crippen MR) is 141 cm³/mol. The molecule has 0 heterocycles. The van der Waals surface area contributed by atoms with Crippen molar-refractivity contribution >= 4 is 46.6 Å². The molecule has 0 spiro atoms. The van der Waals surface area contributed by atoms with Gasteiger partial charge in [0.1, 0.15) is 0 Å². The van der Waals surface area contributed by atoms with E-state index in [4.69, 9.17) is 22.9 Å². The Morgan fingerprint density at radius 3 is 0.610 bits per heavy atom. The second kappa shape index (κ2) is 18.0. The van der Waals surface area contributed by atoms with Gasteiger partial charge in [0.2, 0.25) is 0 Å². The number of benzene rings is 4. The van der Waals surface area contributed by atoms with E-state index in [1.54, 1.807) is 48.5 Å². The van der Waals surface area contributed by atoms with Crippen molar-refractivity contribution in [2.45, 2.75) is 0 Å². The quantitative estimate of drug-likeness (QED) is 0.156. The zero-order chi connectivity index (χ0) is 30.2. The standard InChI is InChI=1S/4C7H7NO2.Ti/c4*8-6-4-2-1-3-5(6)7(9)10;/h4*1-4H,8H2,(H,9,10);/q;;;;+4/p-4. The van der Waals surface area contributed by atoms with Crippen molar-refractivity contribution in [2.24, 2.45) is 0 Å². The van der Waals surface area contributed by atoms with Crippen molar-refractivity contribution in [3.63, 3.8) is 0 Å². The van der Waals surface area contributed by atoms with E-state index >= 15 is 0 Å². The first-order valence-electron chi connectivity index (χ1n) is 11.1. The van der Waals surface area contributed by atoms with Gasteiger partial charge in [-0.05, 0) is 24.3 Å². The van der Waals surface area contributed by atoms with Gasteiger partial charge in [-0.2, -0.15) is 0 Å². The van der Waals surface area contributed by atoms with Gasteiger partial charge in [-0.15, -0.1) is 0 Å². The Bertz CT molecular complexity index is 1260. The number of para-hydroxylation sites is 4. The number of nitrogens with two attached hydrogens (primary N) is 4.